The van der Waals surface area contributed by atoms with E-state index in [4.69, 9.17) is 0 Å². The Morgan fingerprint density at radius 2 is 1.80 bits per heavy atom. The largest absolute Gasteiger partial charge is 0.143 e. The maximum atomic E-state index is 4.22. The molecule has 0 unspecified atom stereocenters. The summed E-state index contributed by atoms with van der Waals surface area (Å²) in [5.41, 5.74) is 1.19. The van der Waals surface area contributed by atoms with Crippen LogP contribution < -0.4 is 0 Å². The number of hydrogen-bond donors (Lipinski definition) is 2. The van der Waals surface area contributed by atoms with E-state index in [9.17, 15) is 0 Å². The normalized spacial score (nSPS) is 8.70. The Balaban J connectivity index is 0.000000810. The molecule has 1 rings (SSSR count). The third-order valence-electron chi connectivity index (χ3n) is 1.19. The Bertz CT molecular complexity index is 223. The van der Waals surface area contributed by atoms with Crippen molar-refractivity contribution in [1.82, 2.24) is 0 Å². The molecule has 0 heterocycles. The summed E-state index contributed by atoms with van der Waals surface area (Å²) in [6.45, 7) is 2.02. The maximum Gasteiger partial charge on any atom is 0.00802 e. The van der Waals surface area contributed by atoms with Crippen molar-refractivity contribution in [2.24, 2.45) is 0 Å². The number of benzene rings is 1. The van der Waals surface area contributed by atoms with Gasteiger partial charge in [-0.1, -0.05) is 6.07 Å². The summed E-state index contributed by atoms with van der Waals surface area (Å²) in [6, 6.07) is 5.89. The van der Waals surface area contributed by atoms with Crippen LogP contribution in [-0.4, -0.2) is 0 Å². The van der Waals surface area contributed by atoms with Gasteiger partial charge in [0.1, 0.15) is 0 Å². The van der Waals surface area contributed by atoms with Crippen molar-refractivity contribution in [2.45, 2.75) is 16.7 Å². The zero-order valence-corrected chi connectivity index (χ0v) is 10.6. The molecule has 0 fully saturated rings. The summed E-state index contributed by atoms with van der Waals surface area (Å²) in [6.07, 6.45) is 0. The van der Waals surface area contributed by atoms with Gasteiger partial charge in [-0.3, -0.25) is 0 Å². The Morgan fingerprint density at radius 1 is 1.20 bits per heavy atom. The summed E-state index contributed by atoms with van der Waals surface area (Å²) in [5.74, 6) is 0. The minimum atomic E-state index is 0. The van der Waals surface area contributed by atoms with E-state index in [1.54, 1.807) is 0 Å². The molecule has 0 aliphatic heterocycles. The van der Waals surface area contributed by atoms with Crippen LogP contribution in [0, 0.1) is 6.92 Å². The molecule has 0 amide bonds. The smallest absolute Gasteiger partial charge is 0.00802 e. The molecule has 0 saturated heterocycles. The van der Waals surface area contributed by atoms with Gasteiger partial charge in [0.15, 0.2) is 0 Å². The fraction of sp³-hybridized carbons (Fsp3) is 0.143. The van der Waals surface area contributed by atoms with Crippen molar-refractivity contribution < 1.29 is 19.5 Å². The van der Waals surface area contributed by atoms with Gasteiger partial charge in [-0.2, -0.15) is 0 Å². The van der Waals surface area contributed by atoms with E-state index in [0.29, 0.717) is 0 Å². The minimum absolute atomic E-state index is 0. The molecule has 10 heavy (non-hydrogen) atoms. The molecule has 1 aromatic rings. The summed E-state index contributed by atoms with van der Waals surface area (Å²) < 4.78 is 0. The van der Waals surface area contributed by atoms with Crippen LogP contribution in [0.4, 0.5) is 0 Å². The van der Waals surface area contributed by atoms with Crippen LogP contribution in [0.1, 0.15) is 5.56 Å². The predicted molar refractivity (Wildman–Crippen MR) is 45.7 cm³/mol. The van der Waals surface area contributed by atoms with Crippen molar-refractivity contribution in [2.75, 3.05) is 0 Å². The summed E-state index contributed by atoms with van der Waals surface area (Å²) in [4.78, 5) is 1.97. The number of aryl methyl sites for hydroxylation is 1. The van der Waals surface area contributed by atoms with Crippen LogP contribution in [0.15, 0.2) is 28.0 Å². The van der Waals surface area contributed by atoms with Gasteiger partial charge in [0, 0.05) is 29.3 Å². The number of hydrogen-bond acceptors (Lipinski definition) is 2. The van der Waals surface area contributed by atoms with E-state index in [-0.39, 0.29) is 19.5 Å². The second kappa shape index (κ2) is 4.43. The van der Waals surface area contributed by atoms with E-state index in [2.05, 4.69) is 25.3 Å². The van der Waals surface area contributed by atoms with Crippen LogP contribution >= 0.6 is 25.3 Å². The molecule has 0 aliphatic rings. The average molecular weight is 222 g/mol. The van der Waals surface area contributed by atoms with Crippen molar-refractivity contribution >= 4 is 25.3 Å². The van der Waals surface area contributed by atoms with Gasteiger partial charge in [0.05, 0.1) is 0 Å². The molecular weight excluding hydrogens is 214 g/mol. The van der Waals surface area contributed by atoms with E-state index in [1.807, 2.05) is 25.1 Å². The first-order valence-corrected chi connectivity index (χ1v) is 3.58. The molecule has 0 nitrogen and oxygen atoms in total. The van der Waals surface area contributed by atoms with Gasteiger partial charge in [-0.05, 0) is 24.6 Å². The van der Waals surface area contributed by atoms with Crippen molar-refractivity contribution in [3.8, 4) is 0 Å². The molecule has 0 saturated carbocycles. The van der Waals surface area contributed by atoms with Crippen LogP contribution in [-0.2, 0) is 19.5 Å². The Morgan fingerprint density at radius 3 is 2.20 bits per heavy atom. The van der Waals surface area contributed by atoms with Gasteiger partial charge < -0.3 is 0 Å². The average Bonchev–Trinajstić information content (AvgIpc) is 1.80. The molecule has 0 bridgehead atoms. The molecule has 1 aromatic carbocycles. The van der Waals surface area contributed by atoms with E-state index < -0.39 is 0 Å². The van der Waals surface area contributed by atoms with Crippen molar-refractivity contribution in [3.05, 3.63) is 23.8 Å². The first-order chi connectivity index (χ1) is 4.20. The monoisotopic (exact) mass is 220 g/mol. The molecule has 3 heteroatoms. The molecule has 0 aromatic heterocycles. The first-order valence-electron chi connectivity index (χ1n) is 2.69. The number of rotatable bonds is 0. The zero-order valence-electron chi connectivity index (χ0n) is 5.83. The summed E-state index contributed by atoms with van der Waals surface area (Å²) in [7, 11) is 0. The molecule has 0 N–H and O–H groups in total. The second-order valence-electron chi connectivity index (χ2n) is 1.97. The molecule has 0 aliphatic carbocycles. The summed E-state index contributed by atoms with van der Waals surface area (Å²) in [5, 5.41) is 0. The van der Waals surface area contributed by atoms with E-state index >= 15 is 0 Å². The van der Waals surface area contributed by atoms with Gasteiger partial charge >= 0.3 is 0 Å². The van der Waals surface area contributed by atoms with Gasteiger partial charge in [0.2, 0.25) is 0 Å². The topological polar surface area (TPSA) is 0 Å². The van der Waals surface area contributed by atoms with Crippen LogP contribution in [0.25, 0.3) is 0 Å². The first kappa shape index (κ1) is 10.5. The van der Waals surface area contributed by atoms with Crippen LogP contribution in [0.5, 0.6) is 0 Å². The Labute approximate surface area is 85.0 Å². The van der Waals surface area contributed by atoms with Crippen molar-refractivity contribution in [3.63, 3.8) is 0 Å². The minimum Gasteiger partial charge on any atom is -0.143 e. The van der Waals surface area contributed by atoms with Gasteiger partial charge in [-0.25, -0.2) is 0 Å². The number of thiol groups is 2. The van der Waals surface area contributed by atoms with Crippen LogP contribution in [0.3, 0.4) is 0 Å². The Hall–Kier alpha value is 0.543. The van der Waals surface area contributed by atoms with E-state index in [1.165, 1.54) is 5.56 Å². The molecular formula is C7H8S2Zn. The molecule has 0 atom stereocenters. The molecule has 0 spiro atoms. The fourth-order valence-corrected chi connectivity index (χ4v) is 1.12. The van der Waals surface area contributed by atoms with E-state index in [0.717, 1.165) is 9.79 Å². The Kier molecular flexibility index (Phi) is 4.67. The fourth-order valence-electron chi connectivity index (χ4n) is 0.598. The third kappa shape index (κ3) is 2.65. The molecule has 0 radical (unpaired) electrons. The SMILES string of the molecule is Cc1ccc(S)cc1S.[Zn]. The molecule has 50 valence electrons. The van der Waals surface area contributed by atoms with Crippen LogP contribution in [0.2, 0.25) is 0 Å². The van der Waals surface area contributed by atoms with Gasteiger partial charge in [-0.15, -0.1) is 25.3 Å². The predicted octanol–water partition coefficient (Wildman–Crippen LogP) is 2.57. The second-order valence-corrected chi connectivity index (χ2v) is 2.97. The third-order valence-corrected chi connectivity index (χ3v) is 1.95. The van der Waals surface area contributed by atoms with Gasteiger partial charge in [0.25, 0.3) is 0 Å². The standard InChI is InChI=1S/C7H8S2.Zn/c1-5-2-3-6(8)4-7(5)9;/h2-4,8-9H,1H3;. The zero-order chi connectivity index (χ0) is 6.85. The van der Waals surface area contributed by atoms with Crippen molar-refractivity contribution in [1.29, 1.82) is 0 Å². The maximum absolute atomic E-state index is 4.22. The summed E-state index contributed by atoms with van der Waals surface area (Å²) >= 11 is 8.37. The quantitative estimate of drug-likeness (QED) is 0.488.